The van der Waals surface area contributed by atoms with Gasteiger partial charge in [-0.1, -0.05) is 6.92 Å². The van der Waals surface area contributed by atoms with Crippen LogP contribution in [0.25, 0.3) is 0 Å². The van der Waals surface area contributed by atoms with Crippen LogP contribution >= 0.6 is 11.6 Å². The number of hydrogen-bond acceptors (Lipinski definition) is 3. The van der Waals surface area contributed by atoms with Crippen molar-refractivity contribution in [2.75, 3.05) is 6.61 Å². The molecule has 1 unspecified atom stereocenters. The molecule has 1 aromatic heterocycles. The summed E-state index contributed by atoms with van der Waals surface area (Å²) in [6.45, 7) is 6.12. The molecular weight excluding hydrogens is 240 g/mol. The van der Waals surface area contributed by atoms with Gasteiger partial charge in [-0.25, -0.2) is 9.36 Å². The monoisotopic (exact) mass is 255 g/mol. The smallest absolute Gasteiger partial charge is 0.397 e. The topological polar surface area (TPSA) is 43.1 Å². The van der Waals surface area contributed by atoms with Crippen molar-refractivity contribution in [2.24, 2.45) is 5.92 Å². The van der Waals surface area contributed by atoms with E-state index in [1.54, 1.807) is 6.92 Å². The summed E-state index contributed by atoms with van der Waals surface area (Å²) in [6.07, 6.45) is 3.00. The predicted octanol–water partition coefficient (Wildman–Crippen LogP) is 2.09. The first-order valence-corrected chi connectivity index (χ1v) is 6.17. The van der Waals surface area contributed by atoms with Crippen LogP contribution in [0.2, 0.25) is 5.28 Å². The van der Waals surface area contributed by atoms with Gasteiger partial charge in [-0.15, -0.1) is 0 Å². The van der Waals surface area contributed by atoms with E-state index in [-0.39, 0.29) is 0 Å². The molecule has 0 aliphatic heterocycles. The summed E-state index contributed by atoms with van der Waals surface area (Å²) in [4.78, 5) is 15.8. The Morgan fingerprint density at radius 2 is 2.35 bits per heavy atom. The van der Waals surface area contributed by atoms with Crippen LogP contribution in [0.15, 0.2) is 6.20 Å². The van der Waals surface area contributed by atoms with Crippen LogP contribution in [-0.4, -0.2) is 17.6 Å². The maximum Gasteiger partial charge on any atom is 0.397 e. The fourth-order valence-electron chi connectivity index (χ4n) is 1.89. The van der Waals surface area contributed by atoms with E-state index in [0.717, 1.165) is 12.0 Å². The van der Waals surface area contributed by atoms with Crippen molar-refractivity contribution in [2.45, 2.75) is 33.2 Å². The summed E-state index contributed by atoms with van der Waals surface area (Å²) in [6, 6.07) is 0.421. The molecule has 0 N–H and O–H groups in total. The molecule has 2 rings (SSSR count). The van der Waals surface area contributed by atoms with Crippen molar-refractivity contribution in [3.8, 4) is 0 Å². The third-order valence-corrected chi connectivity index (χ3v) is 3.30. The Bertz CT molecular complexity index is 462. The molecule has 92 valence electrons. The van der Waals surface area contributed by atoms with Crippen LogP contribution in [0.4, 0.5) is 0 Å². The maximum absolute atomic E-state index is 11.6. The van der Waals surface area contributed by atoms with Gasteiger partial charge in [0.05, 0.1) is 12.8 Å². The molecule has 0 saturated heterocycles. The number of carbonyl (C=O) groups is 1. The van der Waals surface area contributed by atoms with Gasteiger partial charge in [0.2, 0.25) is 0 Å². The molecule has 0 radical (unpaired) electrons. The Hall–Kier alpha value is -1.16. The van der Waals surface area contributed by atoms with Crippen molar-refractivity contribution in [1.29, 1.82) is 0 Å². The number of esters is 1. The molecule has 0 amide bonds. The number of carbonyl (C=O) groups excluding carboxylic acids is 1. The Morgan fingerprint density at radius 3 is 2.88 bits per heavy atom. The highest BCUT2D eigenvalue weighted by Gasteiger charge is 2.41. The first-order valence-electron chi connectivity index (χ1n) is 5.80. The highest BCUT2D eigenvalue weighted by molar-refractivity contribution is 6.27. The molecule has 0 aromatic carbocycles. The number of hydrogen-bond donors (Lipinski definition) is 0. The van der Waals surface area contributed by atoms with Gasteiger partial charge < -0.3 is 4.74 Å². The van der Waals surface area contributed by atoms with Crippen LogP contribution in [0.3, 0.4) is 0 Å². The second-order valence-corrected chi connectivity index (χ2v) is 4.79. The van der Waals surface area contributed by atoms with E-state index in [1.165, 1.54) is 0 Å². The summed E-state index contributed by atoms with van der Waals surface area (Å²) in [7, 11) is 0. The van der Waals surface area contributed by atoms with Crippen molar-refractivity contribution in [1.82, 2.24) is 4.98 Å². The van der Waals surface area contributed by atoms with Crippen LogP contribution in [0, 0.1) is 12.8 Å². The lowest BCUT2D eigenvalue weighted by molar-refractivity contribution is -0.704. The molecule has 17 heavy (non-hydrogen) atoms. The van der Waals surface area contributed by atoms with Crippen molar-refractivity contribution in [3.63, 3.8) is 0 Å². The number of ether oxygens (including phenoxy) is 1. The van der Waals surface area contributed by atoms with E-state index in [9.17, 15) is 4.79 Å². The summed E-state index contributed by atoms with van der Waals surface area (Å²) in [5.74, 6) is 0.218. The fourth-order valence-corrected chi connectivity index (χ4v) is 2.15. The average Bonchev–Trinajstić information content (AvgIpc) is 2.98. The van der Waals surface area contributed by atoms with Gasteiger partial charge in [-0.3, -0.25) is 0 Å². The molecule has 1 saturated carbocycles. The zero-order chi connectivity index (χ0) is 12.6. The molecule has 2 atom stereocenters. The summed E-state index contributed by atoms with van der Waals surface area (Å²) in [5, 5.41) is 0.355. The van der Waals surface area contributed by atoms with Gasteiger partial charge >= 0.3 is 11.3 Å². The number of aromatic nitrogens is 2. The van der Waals surface area contributed by atoms with E-state index in [2.05, 4.69) is 11.9 Å². The van der Waals surface area contributed by atoms with Crippen molar-refractivity contribution >= 4 is 17.6 Å². The maximum atomic E-state index is 11.6. The Kier molecular flexibility index (Phi) is 3.33. The zero-order valence-corrected chi connectivity index (χ0v) is 11.0. The predicted molar refractivity (Wildman–Crippen MR) is 63.0 cm³/mol. The van der Waals surface area contributed by atoms with Crippen LogP contribution in [-0.2, 0) is 4.74 Å². The van der Waals surface area contributed by atoms with Crippen molar-refractivity contribution < 1.29 is 14.1 Å². The Labute approximate surface area is 106 Å². The molecular formula is C12H16ClN2O2+. The minimum absolute atomic E-state index is 0.307. The highest BCUT2D eigenvalue weighted by atomic mass is 35.5. The minimum atomic E-state index is -0.414. The standard InChI is InChI=1S/C12H16ClN2O2/c1-4-17-11(16)10-8(3)6-15(12(13)14-10)9-5-7(9)2/h6-7,9H,4-5H2,1-3H3/q+1/t7?,9-/m0/s1. The first kappa shape index (κ1) is 12.3. The van der Waals surface area contributed by atoms with Crippen LogP contribution in [0.1, 0.15) is 42.4 Å². The van der Waals surface area contributed by atoms with Gasteiger partial charge in [0.25, 0.3) is 5.69 Å². The number of aryl methyl sites for hydroxylation is 1. The normalized spacial score (nSPS) is 22.4. The quantitative estimate of drug-likeness (QED) is 0.472. The van der Waals surface area contributed by atoms with Gasteiger partial charge in [0.15, 0.2) is 0 Å². The number of nitrogens with zero attached hydrogens (tertiary/aromatic N) is 2. The van der Waals surface area contributed by atoms with Crippen LogP contribution < -0.4 is 4.57 Å². The molecule has 0 bridgehead atoms. The molecule has 1 fully saturated rings. The lowest BCUT2D eigenvalue weighted by Crippen LogP contribution is -2.36. The summed E-state index contributed by atoms with van der Waals surface area (Å²) < 4.78 is 6.87. The summed E-state index contributed by atoms with van der Waals surface area (Å²) in [5.41, 5.74) is 1.10. The first-order chi connectivity index (χ1) is 8.04. The van der Waals surface area contributed by atoms with Crippen LogP contribution in [0.5, 0.6) is 0 Å². The third-order valence-electron chi connectivity index (χ3n) is 3.02. The SMILES string of the molecule is CCOC(=O)c1nc(Cl)[n+]([C@H]2CC2C)cc1C. The average molecular weight is 256 g/mol. The van der Waals surface area contributed by atoms with E-state index in [0.29, 0.717) is 29.5 Å². The lowest BCUT2D eigenvalue weighted by atomic mass is 10.2. The number of halogens is 1. The van der Waals surface area contributed by atoms with Gasteiger partial charge in [-0.2, -0.15) is 0 Å². The van der Waals surface area contributed by atoms with Gasteiger partial charge in [0.1, 0.15) is 6.04 Å². The molecule has 5 heteroatoms. The molecule has 1 heterocycles. The largest absolute Gasteiger partial charge is 0.460 e. The highest BCUT2D eigenvalue weighted by Crippen LogP contribution is 2.38. The molecule has 1 aromatic rings. The van der Waals surface area contributed by atoms with Crippen molar-refractivity contribution in [3.05, 3.63) is 22.7 Å². The van der Waals surface area contributed by atoms with Gasteiger partial charge in [-0.05, 0) is 25.3 Å². The second kappa shape index (κ2) is 4.61. The molecule has 1 aliphatic rings. The Balaban J connectivity index is 2.31. The number of rotatable bonds is 3. The third kappa shape index (κ3) is 2.41. The van der Waals surface area contributed by atoms with Gasteiger partial charge in [0, 0.05) is 23.1 Å². The van der Waals surface area contributed by atoms with E-state index < -0.39 is 5.97 Å². The van der Waals surface area contributed by atoms with E-state index in [1.807, 2.05) is 17.7 Å². The van der Waals surface area contributed by atoms with E-state index >= 15 is 0 Å². The fraction of sp³-hybridized carbons (Fsp3) is 0.583. The molecule has 0 spiro atoms. The Morgan fingerprint density at radius 1 is 1.71 bits per heavy atom. The molecule has 4 nitrogen and oxygen atoms in total. The molecule has 1 aliphatic carbocycles. The minimum Gasteiger partial charge on any atom is -0.460 e. The second-order valence-electron chi connectivity index (χ2n) is 4.45. The lowest BCUT2D eigenvalue weighted by Gasteiger charge is -2.03. The zero-order valence-electron chi connectivity index (χ0n) is 10.2. The summed E-state index contributed by atoms with van der Waals surface area (Å²) >= 11 is 6.09. The van der Waals surface area contributed by atoms with E-state index in [4.69, 9.17) is 16.3 Å².